The first-order chi connectivity index (χ1) is 16.2. The average Bonchev–Trinajstić information content (AvgIpc) is 3.26. The number of aromatic amines is 1. The number of imidazole rings is 1. The fourth-order valence-corrected chi connectivity index (χ4v) is 5.09. The van der Waals surface area contributed by atoms with Crippen molar-refractivity contribution in [1.82, 2.24) is 15.3 Å². The molecule has 1 amide bonds. The fourth-order valence-electron chi connectivity index (χ4n) is 3.66. The summed E-state index contributed by atoms with van der Waals surface area (Å²) < 4.78 is 27.6. The predicted octanol–water partition coefficient (Wildman–Crippen LogP) is 5.17. The van der Waals surface area contributed by atoms with E-state index in [9.17, 15) is 13.2 Å². The molecule has 0 fully saturated rings. The summed E-state index contributed by atoms with van der Waals surface area (Å²) in [7, 11) is -2.44. The van der Waals surface area contributed by atoms with Gasteiger partial charge in [-0.25, -0.2) is 13.4 Å². The Kier molecular flexibility index (Phi) is 6.63. The quantitative estimate of drug-likeness (QED) is 0.369. The van der Waals surface area contributed by atoms with Crippen molar-refractivity contribution in [3.05, 3.63) is 89.2 Å². The third kappa shape index (κ3) is 4.64. The molecule has 0 radical (unpaired) electrons. The Bertz CT molecular complexity index is 1400. The standard InChI is InChI=1S/C25H25ClN4O3S/c1-16(2)23(24-27-21-11-7-8-12-22(21)28-24)29-25(31)19-15-18(13-14-20(19)26)34(32,33)30(3)17-9-5-4-6-10-17/h4-16,23H,1-3H3,(H,27,28)(H,29,31)/t23-/m1/s1. The van der Waals surface area contributed by atoms with Gasteiger partial charge in [0.2, 0.25) is 0 Å². The van der Waals surface area contributed by atoms with Crippen molar-refractivity contribution in [2.24, 2.45) is 5.92 Å². The first-order valence-corrected chi connectivity index (χ1v) is 12.6. The molecule has 0 saturated carbocycles. The van der Waals surface area contributed by atoms with Crippen LogP contribution in [0.3, 0.4) is 0 Å². The van der Waals surface area contributed by atoms with Crippen LogP contribution in [0.25, 0.3) is 11.0 Å². The first kappa shape index (κ1) is 23.8. The van der Waals surface area contributed by atoms with E-state index in [-0.39, 0.29) is 21.4 Å². The summed E-state index contributed by atoms with van der Waals surface area (Å²) in [6.07, 6.45) is 0. The van der Waals surface area contributed by atoms with Crippen molar-refractivity contribution in [3.63, 3.8) is 0 Å². The van der Waals surface area contributed by atoms with E-state index in [4.69, 9.17) is 11.6 Å². The molecule has 34 heavy (non-hydrogen) atoms. The van der Waals surface area contributed by atoms with E-state index >= 15 is 0 Å². The molecule has 3 aromatic carbocycles. The first-order valence-electron chi connectivity index (χ1n) is 10.8. The molecule has 0 saturated heterocycles. The van der Waals surface area contributed by atoms with Gasteiger partial charge in [0.05, 0.1) is 38.2 Å². The Hall–Kier alpha value is -3.36. The van der Waals surface area contributed by atoms with Crippen LogP contribution in [-0.2, 0) is 10.0 Å². The molecule has 1 heterocycles. The lowest BCUT2D eigenvalue weighted by molar-refractivity contribution is 0.0923. The molecular formula is C25H25ClN4O3S. The predicted molar refractivity (Wildman–Crippen MR) is 135 cm³/mol. The normalized spacial score (nSPS) is 12.6. The molecule has 2 N–H and O–H groups in total. The Morgan fingerprint density at radius 1 is 1.03 bits per heavy atom. The number of halogens is 1. The van der Waals surface area contributed by atoms with E-state index in [0.717, 1.165) is 11.0 Å². The van der Waals surface area contributed by atoms with Gasteiger partial charge in [0.25, 0.3) is 15.9 Å². The lowest BCUT2D eigenvalue weighted by atomic mass is 10.0. The second-order valence-corrected chi connectivity index (χ2v) is 10.7. The number of rotatable bonds is 7. The zero-order chi connectivity index (χ0) is 24.5. The number of carbonyl (C=O) groups is 1. The highest BCUT2D eigenvalue weighted by Gasteiger charge is 2.26. The number of aromatic nitrogens is 2. The highest BCUT2D eigenvalue weighted by atomic mass is 35.5. The summed E-state index contributed by atoms with van der Waals surface area (Å²) >= 11 is 6.32. The molecule has 0 bridgehead atoms. The Morgan fingerprint density at radius 2 is 1.71 bits per heavy atom. The molecule has 4 aromatic rings. The number of nitrogens with zero attached hydrogens (tertiary/aromatic N) is 2. The van der Waals surface area contributed by atoms with Crippen LogP contribution in [0, 0.1) is 5.92 Å². The molecule has 1 aromatic heterocycles. The van der Waals surface area contributed by atoms with E-state index in [1.54, 1.807) is 24.3 Å². The third-order valence-corrected chi connectivity index (χ3v) is 7.73. The van der Waals surface area contributed by atoms with Crippen molar-refractivity contribution in [3.8, 4) is 0 Å². The fraction of sp³-hybridized carbons (Fsp3) is 0.200. The summed E-state index contributed by atoms with van der Waals surface area (Å²) in [4.78, 5) is 21.1. The van der Waals surface area contributed by atoms with E-state index in [2.05, 4.69) is 15.3 Å². The molecular weight excluding hydrogens is 472 g/mol. The van der Waals surface area contributed by atoms with Gasteiger partial charge in [-0.05, 0) is 48.4 Å². The molecule has 4 rings (SSSR count). The summed E-state index contributed by atoms with van der Waals surface area (Å²) in [6, 6.07) is 20.0. The molecule has 0 aliphatic heterocycles. The number of hydrogen-bond acceptors (Lipinski definition) is 4. The summed E-state index contributed by atoms with van der Waals surface area (Å²) in [5, 5.41) is 3.12. The van der Waals surface area contributed by atoms with E-state index in [1.165, 1.54) is 29.6 Å². The number of benzene rings is 3. The lowest BCUT2D eigenvalue weighted by Gasteiger charge is -2.22. The lowest BCUT2D eigenvalue weighted by Crippen LogP contribution is -2.33. The van der Waals surface area contributed by atoms with Crippen molar-refractivity contribution >= 4 is 44.3 Å². The van der Waals surface area contributed by atoms with Gasteiger partial charge in [-0.3, -0.25) is 9.10 Å². The van der Waals surface area contributed by atoms with E-state index in [0.29, 0.717) is 11.5 Å². The van der Waals surface area contributed by atoms with Crippen molar-refractivity contribution in [2.45, 2.75) is 24.8 Å². The number of sulfonamides is 1. The van der Waals surface area contributed by atoms with Crippen molar-refractivity contribution in [2.75, 3.05) is 11.4 Å². The van der Waals surface area contributed by atoms with Gasteiger partial charge in [0, 0.05) is 7.05 Å². The van der Waals surface area contributed by atoms with Crippen LogP contribution in [0.2, 0.25) is 5.02 Å². The van der Waals surface area contributed by atoms with Gasteiger partial charge in [-0.15, -0.1) is 0 Å². The smallest absolute Gasteiger partial charge is 0.264 e. The van der Waals surface area contributed by atoms with Gasteiger partial charge in [-0.1, -0.05) is 55.8 Å². The number of hydrogen-bond donors (Lipinski definition) is 2. The molecule has 0 aliphatic carbocycles. The zero-order valence-electron chi connectivity index (χ0n) is 19.0. The minimum Gasteiger partial charge on any atom is -0.342 e. The third-order valence-electron chi connectivity index (χ3n) is 5.62. The van der Waals surface area contributed by atoms with Crippen LogP contribution in [-0.4, -0.2) is 31.3 Å². The summed E-state index contributed by atoms with van der Waals surface area (Å²) in [5.41, 5.74) is 2.25. The molecule has 1 atom stereocenters. The molecule has 9 heteroatoms. The summed E-state index contributed by atoms with van der Waals surface area (Å²) in [6.45, 7) is 3.94. The van der Waals surface area contributed by atoms with Gasteiger partial charge >= 0.3 is 0 Å². The van der Waals surface area contributed by atoms with Crippen LogP contribution in [0.1, 0.15) is 36.1 Å². The van der Waals surface area contributed by atoms with Crippen LogP contribution >= 0.6 is 11.6 Å². The highest BCUT2D eigenvalue weighted by Crippen LogP contribution is 2.27. The number of H-pyrrole nitrogens is 1. The SMILES string of the molecule is CC(C)[C@@H](NC(=O)c1cc(S(=O)(=O)N(C)c2ccccc2)ccc1Cl)c1nc2ccccc2[nH]1. The number of para-hydroxylation sites is 3. The number of anilines is 1. The Labute approximate surface area is 203 Å². The maximum atomic E-state index is 13.2. The molecule has 0 aliphatic rings. The monoisotopic (exact) mass is 496 g/mol. The van der Waals surface area contributed by atoms with Crippen molar-refractivity contribution in [1.29, 1.82) is 0 Å². The van der Waals surface area contributed by atoms with Gasteiger partial charge < -0.3 is 10.3 Å². The van der Waals surface area contributed by atoms with Gasteiger partial charge in [-0.2, -0.15) is 0 Å². The summed E-state index contributed by atoms with van der Waals surface area (Å²) in [5.74, 6) is 0.149. The molecule has 0 unspecified atom stereocenters. The largest absolute Gasteiger partial charge is 0.342 e. The number of fused-ring (bicyclic) bond motifs is 1. The molecule has 176 valence electrons. The highest BCUT2D eigenvalue weighted by molar-refractivity contribution is 7.92. The number of carbonyl (C=O) groups excluding carboxylic acids is 1. The Morgan fingerprint density at radius 3 is 2.38 bits per heavy atom. The van der Waals surface area contributed by atoms with Crippen LogP contribution in [0.15, 0.2) is 77.7 Å². The van der Waals surface area contributed by atoms with Crippen LogP contribution in [0.5, 0.6) is 0 Å². The maximum absolute atomic E-state index is 13.2. The number of amides is 1. The topological polar surface area (TPSA) is 95.2 Å². The Balaban J connectivity index is 1.64. The van der Waals surface area contributed by atoms with Gasteiger partial charge in [0.1, 0.15) is 5.82 Å². The minimum absolute atomic E-state index is 0.0133. The van der Waals surface area contributed by atoms with Crippen LogP contribution < -0.4 is 9.62 Å². The van der Waals surface area contributed by atoms with Gasteiger partial charge in [0.15, 0.2) is 0 Å². The second-order valence-electron chi connectivity index (χ2n) is 8.28. The maximum Gasteiger partial charge on any atom is 0.264 e. The van der Waals surface area contributed by atoms with Crippen molar-refractivity contribution < 1.29 is 13.2 Å². The van der Waals surface area contributed by atoms with Crippen LogP contribution in [0.4, 0.5) is 5.69 Å². The second kappa shape index (κ2) is 9.48. The molecule has 0 spiro atoms. The zero-order valence-corrected chi connectivity index (χ0v) is 20.6. The minimum atomic E-state index is -3.90. The van der Waals surface area contributed by atoms with E-state index in [1.807, 2.05) is 44.2 Å². The number of nitrogens with one attached hydrogen (secondary N) is 2. The molecule has 7 nitrogen and oxygen atoms in total. The van der Waals surface area contributed by atoms with E-state index < -0.39 is 22.0 Å². The average molecular weight is 497 g/mol.